The van der Waals surface area contributed by atoms with Gasteiger partial charge in [-0.05, 0) is 37.6 Å². The first kappa shape index (κ1) is 20.1. The van der Waals surface area contributed by atoms with E-state index < -0.39 is 24.0 Å². The van der Waals surface area contributed by atoms with Crippen LogP contribution < -0.4 is 10.6 Å². The van der Waals surface area contributed by atoms with Gasteiger partial charge in [0.15, 0.2) is 0 Å². The summed E-state index contributed by atoms with van der Waals surface area (Å²) < 4.78 is 0. The van der Waals surface area contributed by atoms with E-state index in [-0.39, 0.29) is 12.3 Å². The lowest BCUT2D eigenvalue weighted by atomic mass is 10.0. The van der Waals surface area contributed by atoms with Crippen LogP contribution in [-0.2, 0) is 16.0 Å². The molecule has 0 saturated heterocycles. The Kier molecular flexibility index (Phi) is 5.97. The van der Waals surface area contributed by atoms with Gasteiger partial charge in [-0.3, -0.25) is 9.59 Å². The molecule has 7 heteroatoms. The number of hydrogen-bond donors (Lipinski definition) is 4. The zero-order valence-corrected chi connectivity index (χ0v) is 16.2. The van der Waals surface area contributed by atoms with Crippen LogP contribution in [0.3, 0.4) is 0 Å². The summed E-state index contributed by atoms with van der Waals surface area (Å²) in [5, 5.41) is 15.6. The molecule has 7 nitrogen and oxygen atoms in total. The first-order valence-electron chi connectivity index (χ1n) is 9.31. The van der Waals surface area contributed by atoms with Gasteiger partial charge < -0.3 is 20.7 Å². The van der Waals surface area contributed by atoms with Gasteiger partial charge in [-0.15, -0.1) is 0 Å². The van der Waals surface area contributed by atoms with E-state index in [1.807, 2.05) is 37.3 Å². The van der Waals surface area contributed by atoms with E-state index in [0.29, 0.717) is 5.56 Å². The van der Waals surface area contributed by atoms with Crippen molar-refractivity contribution in [3.63, 3.8) is 0 Å². The number of nitrogens with one attached hydrogen (secondary N) is 3. The number of carbonyl (C=O) groups is 3. The molecule has 0 radical (unpaired) electrons. The summed E-state index contributed by atoms with van der Waals surface area (Å²) in [7, 11) is 0. The van der Waals surface area contributed by atoms with E-state index in [1.54, 1.807) is 24.4 Å². The van der Waals surface area contributed by atoms with Crippen LogP contribution in [0, 0.1) is 6.92 Å². The van der Waals surface area contributed by atoms with E-state index in [0.717, 1.165) is 22.0 Å². The van der Waals surface area contributed by atoms with Crippen LogP contribution in [0.5, 0.6) is 0 Å². The molecule has 0 unspecified atom stereocenters. The Morgan fingerprint density at radius 1 is 1.07 bits per heavy atom. The Balaban J connectivity index is 1.66. The number of amides is 2. The maximum absolute atomic E-state index is 12.5. The lowest BCUT2D eigenvalue weighted by Gasteiger charge is -2.19. The molecular formula is C22H23N3O4. The Morgan fingerprint density at radius 2 is 1.83 bits per heavy atom. The van der Waals surface area contributed by atoms with Crippen molar-refractivity contribution < 1.29 is 19.5 Å². The first-order chi connectivity index (χ1) is 13.8. The average molecular weight is 393 g/mol. The molecule has 0 bridgehead atoms. The van der Waals surface area contributed by atoms with Crippen LogP contribution in [0.2, 0.25) is 0 Å². The fourth-order valence-corrected chi connectivity index (χ4v) is 3.15. The van der Waals surface area contributed by atoms with Gasteiger partial charge in [-0.1, -0.05) is 35.9 Å². The van der Waals surface area contributed by atoms with E-state index in [2.05, 4.69) is 15.6 Å². The molecule has 0 fully saturated rings. The van der Waals surface area contributed by atoms with Gasteiger partial charge in [0.2, 0.25) is 5.91 Å². The quantitative estimate of drug-likeness (QED) is 0.494. The smallest absolute Gasteiger partial charge is 0.326 e. The molecule has 2 aromatic carbocycles. The average Bonchev–Trinajstić information content (AvgIpc) is 3.10. The molecule has 150 valence electrons. The Labute approximate surface area is 168 Å². The molecular weight excluding hydrogens is 370 g/mol. The molecule has 3 aromatic rings. The minimum absolute atomic E-state index is 0.129. The van der Waals surface area contributed by atoms with Crippen LogP contribution >= 0.6 is 0 Å². The number of hydrogen-bond acceptors (Lipinski definition) is 3. The van der Waals surface area contributed by atoms with Crippen LogP contribution in [-0.4, -0.2) is 40.0 Å². The first-order valence-corrected chi connectivity index (χ1v) is 9.31. The van der Waals surface area contributed by atoms with Crippen molar-refractivity contribution >= 4 is 28.7 Å². The normalized spacial score (nSPS) is 12.9. The van der Waals surface area contributed by atoms with Gasteiger partial charge in [-0.25, -0.2) is 4.79 Å². The second-order valence-electron chi connectivity index (χ2n) is 7.03. The number of carboxylic acid groups (broad SMARTS) is 1. The summed E-state index contributed by atoms with van der Waals surface area (Å²) in [5.74, 6) is -2.08. The van der Waals surface area contributed by atoms with E-state index in [4.69, 9.17) is 0 Å². The minimum Gasteiger partial charge on any atom is -0.480 e. The Bertz CT molecular complexity index is 1060. The number of carboxylic acids is 1. The molecule has 2 amide bonds. The van der Waals surface area contributed by atoms with Gasteiger partial charge in [0.1, 0.15) is 12.1 Å². The number of aryl methyl sites for hydroxylation is 1. The largest absolute Gasteiger partial charge is 0.480 e. The number of carbonyl (C=O) groups excluding carboxylic acids is 2. The monoisotopic (exact) mass is 393 g/mol. The molecule has 1 heterocycles. The summed E-state index contributed by atoms with van der Waals surface area (Å²) in [6, 6.07) is 12.6. The number of benzene rings is 2. The SMILES string of the molecule is Cc1cccc(C(=O)N[C@@H](C)C(=O)N[C@H](Cc2c[nH]c3ccccc23)C(=O)O)c1. The summed E-state index contributed by atoms with van der Waals surface area (Å²) in [4.78, 5) is 39.6. The highest BCUT2D eigenvalue weighted by Gasteiger charge is 2.25. The molecule has 0 aliphatic rings. The number of aromatic nitrogens is 1. The molecule has 1 aromatic heterocycles. The maximum Gasteiger partial charge on any atom is 0.326 e. The fourth-order valence-electron chi connectivity index (χ4n) is 3.15. The summed E-state index contributed by atoms with van der Waals surface area (Å²) in [6.07, 6.45) is 1.87. The number of rotatable bonds is 7. The molecule has 29 heavy (non-hydrogen) atoms. The lowest BCUT2D eigenvalue weighted by molar-refractivity contribution is -0.142. The maximum atomic E-state index is 12.5. The molecule has 0 aliphatic heterocycles. The van der Waals surface area contributed by atoms with E-state index >= 15 is 0 Å². The summed E-state index contributed by atoms with van der Waals surface area (Å²) >= 11 is 0. The van der Waals surface area contributed by atoms with Crippen molar-refractivity contribution in [3.05, 3.63) is 71.4 Å². The van der Waals surface area contributed by atoms with Crippen LogP contribution in [0.15, 0.2) is 54.7 Å². The van der Waals surface area contributed by atoms with Gasteiger partial charge >= 0.3 is 5.97 Å². The van der Waals surface area contributed by atoms with Crippen molar-refractivity contribution in [2.24, 2.45) is 0 Å². The molecule has 4 N–H and O–H groups in total. The van der Waals surface area contributed by atoms with Crippen LogP contribution in [0.25, 0.3) is 10.9 Å². The molecule has 2 atom stereocenters. The number of aliphatic carboxylic acids is 1. The third-order valence-corrected chi connectivity index (χ3v) is 4.73. The number of para-hydroxylation sites is 1. The Morgan fingerprint density at radius 3 is 2.55 bits per heavy atom. The number of H-pyrrole nitrogens is 1. The van der Waals surface area contributed by atoms with Gasteiger partial charge in [-0.2, -0.15) is 0 Å². The van der Waals surface area contributed by atoms with Gasteiger partial charge in [0.05, 0.1) is 0 Å². The number of aromatic amines is 1. The van der Waals surface area contributed by atoms with Crippen molar-refractivity contribution in [2.75, 3.05) is 0 Å². The third-order valence-electron chi connectivity index (χ3n) is 4.73. The van der Waals surface area contributed by atoms with Gasteiger partial charge in [0, 0.05) is 29.1 Å². The predicted octanol–water partition coefficient (Wildman–Crippen LogP) is 2.41. The van der Waals surface area contributed by atoms with Crippen LogP contribution in [0.1, 0.15) is 28.4 Å². The second-order valence-corrected chi connectivity index (χ2v) is 7.03. The van der Waals surface area contributed by atoms with Gasteiger partial charge in [0.25, 0.3) is 5.91 Å². The zero-order valence-electron chi connectivity index (χ0n) is 16.2. The number of fused-ring (bicyclic) bond motifs is 1. The minimum atomic E-state index is -1.14. The lowest BCUT2D eigenvalue weighted by Crippen LogP contribution is -2.51. The van der Waals surface area contributed by atoms with Crippen molar-refractivity contribution in [2.45, 2.75) is 32.4 Å². The summed E-state index contributed by atoms with van der Waals surface area (Å²) in [5.41, 5.74) is 3.07. The van der Waals surface area contributed by atoms with Crippen molar-refractivity contribution in [1.29, 1.82) is 0 Å². The topological polar surface area (TPSA) is 111 Å². The highest BCUT2D eigenvalue weighted by Crippen LogP contribution is 2.19. The third kappa shape index (κ3) is 4.82. The molecule has 3 rings (SSSR count). The molecule has 0 aliphatic carbocycles. The summed E-state index contributed by atoms with van der Waals surface area (Å²) in [6.45, 7) is 3.39. The predicted molar refractivity (Wildman–Crippen MR) is 110 cm³/mol. The van der Waals surface area contributed by atoms with E-state index in [9.17, 15) is 19.5 Å². The van der Waals surface area contributed by atoms with Crippen LogP contribution in [0.4, 0.5) is 0 Å². The fraction of sp³-hybridized carbons (Fsp3) is 0.227. The molecule has 0 saturated carbocycles. The van der Waals surface area contributed by atoms with Crippen molar-refractivity contribution in [3.8, 4) is 0 Å². The van der Waals surface area contributed by atoms with E-state index in [1.165, 1.54) is 6.92 Å². The molecule has 0 spiro atoms. The second kappa shape index (κ2) is 8.60. The zero-order chi connectivity index (χ0) is 21.0. The Hall–Kier alpha value is -3.61. The van der Waals surface area contributed by atoms with Crippen molar-refractivity contribution in [1.82, 2.24) is 15.6 Å². The highest BCUT2D eigenvalue weighted by atomic mass is 16.4. The highest BCUT2D eigenvalue weighted by molar-refractivity contribution is 5.98. The standard InChI is InChI=1S/C22H23N3O4/c1-13-6-5-7-15(10-13)21(27)24-14(2)20(26)25-19(22(28)29)11-16-12-23-18-9-4-3-8-17(16)18/h3-10,12,14,19,23H,11H2,1-2H3,(H,24,27)(H,25,26)(H,28,29)/t14-,19+/m0/s1.